The first-order valence-electron chi connectivity index (χ1n) is 11.6. The Morgan fingerprint density at radius 3 is 2.20 bits per heavy atom. The maximum atomic E-state index is 13.1. The van der Waals surface area contributed by atoms with Gasteiger partial charge in [0.05, 0.1) is 4.90 Å². The lowest BCUT2D eigenvalue weighted by atomic mass is 10.0. The van der Waals surface area contributed by atoms with Crippen molar-refractivity contribution in [1.29, 1.82) is 0 Å². The number of sulfonamides is 1. The minimum Gasteiger partial charge on any atom is -0.322 e. The fourth-order valence-corrected chi connectivity index (χ4v) is 5.74. The van der Waals surface area contributed by atoms with Crippen LogP contribution in [0.25, 0.3) is 11.1 Å². The molecular formula is C29H26N2O3S. The highest BCUT2D eigenvalue weighted by Crippen LogP contribution is 2.28. The fourth-order valence-electron chi connectivity index (χ4n) is 4.32. The molecule has 0 aromatic heterocycles. The summed E-state index contributed by atoms with van der Waals surface area (Å²) in [6, 6.07) is 30.2. The number of rotatable bonds is 5. The molecule has 5 nitrogen and oxygen atoms in total. The van der Waals surface area contributed by atoms with Gasteiger partial charge in [-0.15, -0.1) is 0 Å². The van der Waals surface area contributed by atoms with Crippen molar-refractivity contribution < 1.29 is 13.2 Å². The van der Waals surface area contributed by atoms with E-state index < -0.39 is 10.0 Å². The van der Waals surface area contributed by atoms with Crippen LogP contribution in [0.2, 0.25) is 0 Å². The number of hydrogen-bond acceptors (Lipinski definition) is 3. The van der Waals surface area contributed by atoms with Crippen LogP contribution < -0.4 is 5.32 Å². The van der Waals surface area contributed by atoms with Crippen molar-refractivity contribution in [2.24, 2.45) is 0 Å². The van der Waals surface area contributed by atoms with Gasteiger partial charge in [0, 0.05) is 24.3 Å². The molecule has 0 unspecified atom stereocenters. The molecule has 0 bridgehead atoms. The number of nitrogens with zero attached hydrogens (tertiary/aromatic N) is 1. The van der Waals surface area contributed by atoms with E-state index in [0.29, 0.717) is 29.1 Å². The van der Waals surface area contributed by atoms with Crippen molar-refractivity contribution in [3.05, 3.63) is 119 Å². The number of amides is 1. The van der Waals surface area contributed by atoms with Crippen LogP contribution in [-0.4, -0.2) is 25.2 Å². The molecule has 0 saturated carbocycles. The van der Waals surface area contributed by atoms with Gasteiger partial charge in [-0.05, 0) is 72.0 Å². The van der Waals surface area contributed by atoms with Crippen LogP contribution in [0, 0.1) is 6.92 Å². The van der Waals surface area contributed by atoms with E-state index in [2.05, 4.69) is 5.32 Å². The van der Waals surface area contributed by atoms with Crippen LogP contribution in [0.1, 0.15) is 27.0 Å². The van der Waals surface area contributed by atoms with Gasteiger partial charge in [-0.1, -0.05) is 66.2 Å². The molecule has 176 valence electrons. The van der Waals surface area contributed by atoms with Crippen molar-refractivity contribution in [1.82, 2.24) is 4.31 Å². The topological polar surface area (TPSA) is 66.5 Å². The zero-order valence-electron chi connectivity index (χ0n) is 19.4. The number of benzene rings is 4. The van der Waals surface area contributed by atoms with Gasteiger partial charge >= 0.3 is 0 Å². The monoisotopic (exact) mass is 482 g/mol. The van der Waals surface area contributed by atoms with Crippen molar-refractivity contribution in [2.75, 3.05) is 11.9 Å². The van der Waals surface area contributed by atoms with Gasteiger partial charge in [0.25, 0.3) is 5.91 Å². The minimum atomic E-state index is -3.58. The molecule has 0 radical (unpaired) electrons. The molecule has 1 amide bonds. The number of aryl methyl sites for hydroxylation is 1. The minimum absolute atomic E-state index is 0.204. The SMILES string of the molecule is Cc1ccc(S(=O)(=O)N2CCc3ccc(NC(=O)c4ccc(-c5ccccc5)cc4)cc3C2)cc1. The summed E-state index contributed by atoms with van der Waals surface area (Å²) in [5.74, 6) is -0.204. The van der Waals surface area contributed by atoms with Crippen molar-refractivity contribution in [3.63, 3.8) is 0 Å². The van der Waals surface area contributed by atoms with Gasteiger partial charge in [-0.3, -0.25) is 4.79 Å². The number of carbonyl (C=O) groups excluding carboxylic acids is 1. The Labute approximate surface area is 206 Å². The molecule has 0 fully saturated rings. The van der Waals surface area contributed by atoms with Gasteiger partial charge in [0.2, 0.25) is 10.0 Å². The smallest absolute Gasteiger partial charge is 0.255 e. The molecule has 1 aliphatic heterocycles. The molecule has 0 aliphatic carbocycles. The predicted molar refractivity (Wildman–Crippen MR) is 139 cm³/mol. The average Bonchev–Trinajstić information content (AvgIpc) is 2.89. The van der Waals surface area contributed by atoms with Gasteiger partial charge in [0.15, 0.2) is 0 Å². The maximum absolute atomic E-state index is 13.1. The number of hydrogen-bond donors (Lipinski definition) is 1. The summed E-state index contributed by atoms with van der Waals surface area (Å²) in [5, 5.41) is 2.95. The maximum Gasteiger partial charge on any atom is 0.255 e. The second-order valence-corrected chi connectivity index (χ2v) is 10.7. The van der Waals surface area contributed by atoms with Gasteiger partial charge in [0.1, 0.15) is 0 Å². The average molecular weight is 483 g/mol. The number of nitrogens with one attached hydrogen (secondary N) is 1. The molecule has 0 atom stereocenters. The van der Waals surface area contributed by atoms with Crippen molar-refractivity contribution in [2.45, 2.75) is 24.8 Å². The zero-order chi connectivity index (χ0) is 24.4. The van der Waals surface area contributed by atoms with E-state index >= 15 is 0 Å². The summed E-state index contributed by atoms with van der Waals surface area (Å²) >= 11 is 0. The molecule has 1 N–H and O–H groups in total. The molecule has 0 spiro atoms. The number of anilines is 1. The Bertz CT molecular complexity index is 1460. The molecule has 5 rings (SSSR count). The molecule has 4 aromatic rings. The zero-order valence-corrected chi connectivity index (χ0v) is 20.3. The van der Waals surface area contributed by atoms with Crippen molar-refractivity contribution >= 4 is 21.6 Å². The van der Waals surface area contributed by atoms with Crippen LogP contribution in [0.15, 0.2) is 102 Å². The van der Waals surface area contributed by atoms with Gasteiger partial charge in [-0.2, -0.15) is 4.31 Å². The molecule has 4 aromatic carbocycles. The highest BCUT2D eigenvalue weighted by Gasteiger charge is 2.28. The molecule has 1 heterocycles. The lowest BCUT2D eigenvalue weighted by Crippen LogP contribution is -2.36. The summed E-state index contributed by atoms with van der Waals surface area (Å²) in [7, 11) is -3.58. The second-order valence-electron chi connectivity index (χ2n) is 8.78. The van der Waals surface area contributed by atoms with Crippen LogP contribution in [0.5, 0.6) is 0 Å². The Kier molecular flexibility index (Phi) is 6.24. The molecule has 1 aliphatic rings. The Balaban J connectivity index is 1.31. The van der Waals surface area contributed by atoms with Gasteiger partial charge < -0.3 is 5.32 Å². The highest BCUT2D eigenvalue weighted by molar-refractivity contribution is 7.89. The Morgan fingerprint density at radius 1 is 0.800 bits per heavy atom. The number of fused-ring (bicyclic) bond motifs is 1. The van der Waals surface area contributed by atoms with Crippen LogP contribution >= 0.6 is 0 Å². The van der Waals surface area contributed by atoms with E-state index in [0.717, 1.165) is 27.8 Å². The largest absolute Gasteiger partial charge is 0.322 e. The Hall–Kier alpha value is -3.74. The lowest BCUT2D eigenvalue weighted by molar-refractivity contribution is 0.102. The first-order chi connectivity index (χ1) is 16.9. The number of carbonyl (C=O) groups is 1. The standard InChI is InChI=1S/C29H26N2O3S/c1-21-7-15-28(16-8-21)35(33,34)31-18-17-24-13-14-27(19-26(24)20-31)30-29(32)25-11-9-23(10-12-25)22-5-3-2-4-6-22/h2-16,19H,17-18,20H2,1H3,(H,30,32). The van der Waals surface area contributed by atoms with Crippen LogP contribution in [0.4, 0.5) is 5.69 Å². The molecular weight excluding hydrogens is 456 g/mol. The third kappa shape index (κ3) is 4.90. The van der Waals surface area contributed by atoms with E-state index in [-0.39, 0.29) is 12.5 Å². The molecule has 6 heteroatoms. The fraction of sp³-hybridized carbons (Fsp3) is 0.138. The van der Waals surface area contributed by atoms with E-state index in [9.17, 15) is 13.2 Å². The predicted octanol–water partition coefficient (Wildman–Crippen LogP) is 5.66. The van der Waals surface area contributed by atoms with Crippen LogP contribution in [-0.2, 0) is 23.0 Å². The van der Waals surface area contributed by atoms with E-state index in [4.69, 9.17) is 0 Å². The van der Waals surface area contributed by atoms with E-state index in [1.54, 1.807) is 12.1 Å². The summed E-state index contributed by atoms with van der Waals surface area (Å²) in [6.07, 6.45) is 0.635. The third-order valence-electron chi connectivity index (χ3n) is 6.35. The molecule has 35 heavy (non-hydrogen) atoms. The Morgan fingerprint density at radius 2 is 1.49 bits per heavy atom. The second kappa shape index (κ2) is 9.49. The summed E-state index contributed by atoms with van der Waals surface area (Å²) in [4.78, 5) is 13.1. The van der Waals surface area contributed by atoms with E-state index in [1.165, 1.54) is 4.31 Å². The first kappa shape index (κ1) is 23.0. The third-order valence-corrected chi connectivity index (χ3v) is 8.21. The van der Waals surface area contributed by atoms with Crippen molar-refractivity contribution in [3.8, 4) is 11.1 Å². The summed E-state index contributed by atoms with van der Waals surface area (Å²) in [5.41, 5.74) is 6.38. The first-order valence-corrected chi connectivity index (χ1v) is 13.0. The van der Waals surface area contributed by atoms with Gasteiger partial charge in [-0.25, -0.2) is 8.42 Å². The van der Waals surface area contributed by atoms with E-state index in [1.807, 2.05) is 91.9 Å². The lowest BCUT2D eigenvalue weighted by Gasteiger charge is -2.28. The molecule has 0 saturated heterocycles. The highest BCUT2D eigenvalue weighted by atomic mass is 32.2. The normalized spacial score (nSPS) is 13.7. The summed E-state index contributed by atoms with van der Waals surface area (Å²) < 4.78 is 27.8. The summed E-state index contributed by atoms with van der Waals surface area (Å²) in [6.45, 7) is 2.64. The van der Waals surface area contributed by atoms with Crippen LogP contribution in [0.3, 0.4) is 0 Å². The quantitative estimate of drug-likeness (QED) is 0.399.